The van der Waals surface area contributed by atoms with Crippen LogP contribution in [0.25, 0.3) is 17.1 Å². The molecule has 0 amide bonds. The van der Waals surface area contributed by atoms with Crippen LogP contribution in [0.1, 0.15) is 31.2 Å². The minimum Gasteiger partial charge on any atom is -0.378 e. The van der Waals surface area contributed by atoms with E-state index in [4.69, 9.17) is 14.8 Å². The molecule has 0 bridgehead atoms. The van der Waals surface area contributed by atoms with Gasteiger partial charge in [-0.25, -0.2) is 14.6 Å². The van der Waals surface area contributed by atoms with Gasteiger partial charge in [0.1, 0.15) is 5.82 Å². The third kappa shape index (κ3) is 3.42. The highest BCUT2D eigenvalue weighted by atomic mass is 16.5. The average Bonchev–Trinajstić information content (AvgIpc) is 3.14. The van der Waals surface area contributed by atoms with Gasteiger partial charge in [-0.3, -0.25) is 4.98 Å². The van der Waals surface area contributed by atoms with Crippen molar-refractivity contribution in [1.82, 2.24) is 24.7 Å². The van der Waals surface area contributed by atoms with Crippen molar-refractivity contribution in [3.8, 4) is 17.1 Å². The van der Waals surface area contributed by atoms with Crippen LogP contribution < -0.4 is 4.90 Å². The van der Waals surface area contributed by atoms with Gasteiger partial charge in [-0.15, -0.1) is 0 Å². The highest BCUT2D eigenvalue weighted by Gasteiger charge is 2.23. The molecule has 0 atom stereocenters. The number of morpholine rings is 1. The van der Waals surface area contributed by atoms with Crippen molar-refractivity contribution in [1.29, 1.82) is 0 Å². The van der Waals surface area contributed by atoms with Gasteiger partial charge >= 0.3 is 0 Å². The monoisotopic (exact) mass is 364 g/mol. The molecule has 0 saturated carbocycles. The van der Waals surface area contributed by atoms with E-state index in [1.165, 1.54) is 0 Å². The summed E-state index contributed by atoms with van der Waals surface area (Å²) in [5.41, 5.74) is 3.02. The van der Waals surface area contributed by atoms with Gasteiger partial charge in [0.25, 0.3) is 0 Å². The standard InChI is InChI=1S/C20H24N6O/c1-14(2)18-23-20(26(24-18)17-6-8-21-13-15(17)3)16-5-4-7-22-19(16)25-9-11-27-12-10-25/h4-8,13-14H,9-12H2,1-3H3. The Morgan fingerprint density at radius 1 is 1.11 bits per heavy atom. The smallest absolute Gasteiger partial charge is 0.167 e. The summed E-state index contributed by atoms with van der Waals surface area (Å²) in [6.07, 6.45) is 5.47. The predicted molar refractivity (Wildman–Crippen MR) is 104 cm³/mol. The number of anilines is 1. The van der Waals surface area contributed by atoms with E-state index in [1.807, 2.05) is 36.1 Å². The van der Waals surface area contributed by atoms with Crippen LogP contribution in [-0.4, -0.2) is 51.0 Å². The molecule has 1 saturated heterocycles. The Labute approximate surface area is 159 Å². The molecule has 4 rings (SSSR count). The largest absolute Gasteiger partial charge is 0.378 e. The van der Waals surface area contributed by atoms with Crippen molar-refractivity contribution < 1.29 is 4.74 Å². The zero-order valence-electron chi connectivity index (χ0n) is 16.0. The van der Waals surface area contributed by atoms with Gasteiger partial charge in [0, 0.05) is 37.6 Å². The first-order valence-corrected chi connectivity index (χ1v) is 9.31. The minimum atomic E-state index is 0.232. The third-order valence-electron chi connectivity index (χ3n) is 4.70. The first kappa shape index (κ1) is 17.6. The fourth-order valence-electron chi connectivity index (χ4n) is 3.22. The Hall–Kier alpha value is -2.80. The summed E-state index contributed by atoms with van der Waals surface area (Å²) in [4.78, 5) is 16.0. The van der Waals surface area contributed by atoms with Crippen molar-refractivity contribution in [2.24, 2.45) is 0 Å². The van der Waals surface area contributed by atoms with Crippen LogP contribution in [0.4, 0.5) is 5.82 Å². The van der Waals surface area contributed by atoms with Gasteiger partial charge in [-0.1, -0.05) is 13.8 Å². The third-order valence-corrected chi connectivity index (χ3v) is 4.70. The first-order chi connectivity index (χ1) is 13.1. The van der Waals surface area contributed by atoms with Crippen LogP contribution in [0.15, 0.2) is 36.8 Å². The van der Waals surface area contributed by atoms with Crippen molar-refractivity contribution in [2.75, 3.05) is 31.2 Å². The number of hydrogen-bond donors (Lipinski definition) is 0. The van der Waals surface area contributed by atoms with E-state index in [2.05, 4.69) is 34.8 Å². The molecule has 0 spiro atoms. The molecule has 1 aliphatic rings. The number of ether oxygens (including phenoxy) is 1. The number of aromatic nitrogens is 5. The Morgan fingerprint density at radius 3 is 2.67 bits per heavy atom. The van der Waals surface area contributed by atoms with Gasteiger partial charge in [-0.2, -0.15) is 5.10 Å². The maximum Gasteiger partial charge on any atom is 0.167 e. The van der Waals surface area contributed by atoms with E-state index in [-0.39, 0.29) is 5.92 Å². The summed E-state index contributed by atoms with van der Waals surface area (Å²) in [6.45, 7) is 9.32. The molecular weight excluding hydrogens is 340 g/mol. The number of aryl methyl sites for hydroxylation is 1. The second-order valence-electron chi connectivity index (χ2n) is 7.00. The number of nitrogens with zero attached hydrogens (tertiary/aromatic N) is 6. The van der Waals surface area contributed by atoms with Crippen LogP contribution in [0.3, 0.4) is 0 Å². The minimum absolute atomic E-state index is 0.232. The molecule has 3 aromatic heterocycles. The fourth-order valence-corrected chi connectivity index (χ4v) is 3.22. The van der Waals surface area contributed by atoms with E-state index in [9.17, 15) is 0 Å². The molecule has 1 fully saturated rings. The molecule has 0 N–H and O–H groups in total. The molecule has 0 radical (unpaired) electrons. The van der Waals surface area contributed by atoms with Crippen molar-refractivity contribution in [3.63, 3.8) is 0 Å². The summed E-state index contributed by atoms with van der Waals surface area (Å²) < 4.78 is 7.43. The Balaban J connectivity index is 1.88. The van der Waals surface area contributed by atoms with E-state index in [0.717, 1.165) is 47.4 Å². The summed E-state index contributed by atoms with van der Waals surface area (Å²) in [5, 5.41) is 4.81. The lowest BCUT2D eigenvalue weighted by atomic mass is 10.2. The molecule has 7 heteroatoms. The van der Waals surface area contributed by atoms with E-state index in [1.54, 1.807) is 6.20 Å². The highest BCUT2D eigenvalue weighted by molar-refractivity contribution is 5.72. The quantitative estimate of drug-likeness (QED) is 0.709. The number of hydrogen-bond acceptors (Lipinski definition) is 6. The van der Waals surface area contributed by atoms with Crippen molar-refractivity contribution in [3.05, 3.63) is 48.2 Å². The molecule has 0 aromatic carbocycles. The summed E-state index contributed by atoms with van der Waals surface area (Å²) >= 11 is 0. The molecular formula is C20H24N6O. The van der Waals surface area contributed by atoms with Gasteiger partial charge in [0.15, 0.2) is 11.6 Å². The predicted octanol–water partition coefficient (Wildman–Crippen LogP) is 2.99. The van der Waals surface area contributed by atoms with E-state index >= 15 is 0 Å². The highest BCUT2D eigenvalue weighted by Crippen LogP contribution is 2.31. The van der Waals surface area contributed by atoms with E-state index < -0.39 is 0 Å². The fraction of sp³-hybridized carbons (Fsp3) is 0.400. The summed E-state index contributed by atoms with van der Waals surface area (Å²) in [7, 11) is 0. The average molecular weight is 364 g/mol. The summed E-state index contributed by atoms with van der Waals surface area (Å²) in [6, 6.07) is 5.99. The zero-order valence-corrected chi connectivity index (χ0v) is 16.0. The maximum absolute atomic E-state index is 5.50. The SMILES string of the molecule is Cc1cnccc1-n1nc(C(C)C)nc1-c1cccnc1N1CCOCC1. The van der Waals surface area contributed by atoms with Gasteiger partial charge < -0.3 is 9.64 Å². The maximum atomic E-state index is 5.50. The van der Waals surface area contributed by atoms with E-state index in [0.29, 0.717) is 13.2 Å². The van der Waals surface area contributed by atoms with Crippen LogP contribution in [0.2, 0.25) is 0 Å². The molecule has 27 heavy (non-hydrogen) atoms. The normalized spacial score (nSPS) is 14.7. The molecule has 3 aromatic rings. The number of pyridine rings is 2. The van der Waals surface area contributed by atoms with Gasteiger partial charge in [0.05, 0.1) is 24.5 Å². The molecule has 0 aliphatic carbocycles. The van der Waals surface area contributed by atoms with Crippen LogP contribution in [0, 0.1) is 6.92 Å². The number of rotatable bonds is 4. The molecule has 4 heterocycles. The topological polar surface area (TPSA) is 69.0 Å². The van der Waals surface area contributed by atoms with Gasteiger partial charge in [0.2, 0.25) is 0 Å². The van der Waals surface area contributed by atoms with Crippen LogP contribution >= 0.6 is 0 Å². The second-order valence-corrected chi connectivity index (χ2v) is 7.00. The second kappa shape index (κ2) is 7.44. The van der Waals surface area contributed by atoms with Crippen molar-refractivity contribution in [2.45, 2.75) is 26.7 Å². The Kier molecular flexibility index (Phi) is 4.85. The lowest BCUT2D eigenvalue weighted by Crippen LogP contribution is -2.37. The van der Waals surface area contributed by atoms with Gasteiger partial charge in [-0.05, 0) is 30.7 Å². The molecule has 7 nitrogen and oxygen atoms in total. The first-order valence-electron chi connectivity index (χ1n) is 9.31. The zero-order chi connectivity index (χ0) is 18.8. The van der Waals surface area contributed by atoms with Crippen molar-refractivity contribution >= 4 is 5.82 Å². The molecule has 1 aliphatic heterocycles. The van der Waals surface area contributed by atoms with Crippen LogP contribution in [0.5, 0.6) is 0 Å². The summed E-state index contributed by atoms with van der Waals surface area (Å²) in [5.74, 6) is 2.78. The van der Waals surface area contributed by atoms with Crippen LogP contribution in [-0.2, 0) is 4.74 Å². The Morgan fingerprint density at radius 2 is 1.93 bits per heavy atom. The lowest BCUT2D eigenvalue weighted by molar-refractivity contribution is 0.122. The molecule has 0 unspecified atom stereocenters. The Bertz CT molecular complexity index is 930. The molecule has 140 valence electrons. The lowest BCUT2D eigenvalue weighted by Gasteiger charge is -2.29.